The van der Waals surface area contributed by atoms with Crippen LogP contribution < -0.4 is 4.74 Å². The lowest BCUT2D eigenvalue weighted by atomic mass is 10.1. The van der Waals surface area contributed by atoms with Gasteiger partial charge in [0.25, 0.3) is 0 Å². The molecule has 0 aliphatic carbocycles. The maximum absolute atomic E-state index is 13.8. The molecule has 0 unspecified atom stereocenters. The summed E-state index contributed by atoms with van der Waals surface area (Å²) in [5, 5.41) is 7.17. The average Bonchev–Trinajstić information content (AvgIpc) is 3.28. The fourth-order valence-corrected chi connectivity index (χ4v) is 3.35. The third-order valence-corrected chi connectivity index (χ3v) is 4.78. The number of ketones is 1. The van der Waals surface area contributed by atoms with Crippen LogP contribution in [0.5, 0.6) is 5.75 Å². The molecule has 7 heteroatoms. The second kappa shape index (κ2) is 6.68. The van der Waals surface area contributed by atoms with Gasteiger partial charge in [-0.2, -0.15) is 0 Å². The van der Waals surface area contributed by atoms with E-state index < -0.39 is 0 Å². The van der Waals surface area contributed by atoms with Gasteiger partial charge in [0.05, 0.1) is 17.9 Å². The van der Waals surface area contributed by atoms with E-state index in [1.54, 1.807) is 24.3 Å². The van der Waals surface area contributed by atoms with Crippen LogP contribution in [0.1, 0.15) is 15.9 Å². The van der Waals surface area contributed by atoms with Gasteiger partial charge in [-0.3, -0.25) is 9.89 Å². The molecule has 0 atom stereocenters. The molecule has 0 bridgehead atoms. The molecule has 25 heavy (non-hydrogen) atoms. The van der Waals surface area contributed by atoms with E-state index in [4.69, 9.17) is 4.74 Å². The summed E-state index contributed by atoms with van der Waals surface area (Å²) in [5.41, 5.74) is 2.07. The molecule has 0 spiro atoms. The lowest BCUT2D eigenvalue weighted by molar-refractivity contribution is 0.102. The number of aromatic amines is 1. The van der Waals surface area contributed by atoms with E-state index in [9.17, 15) is 9.18 Å². The Kier molecular flexibility index (Phi) is 4.23. The first-order chi connectivity index (χ1) is 12.2. The highest BCUT2D eigenvalue weighted by molar-refractivity contribution is 7.99. The van der Waals surface area contributed by atoms with Crippen LogP contribution in [-0.4, -0.2) is 33.3 Å². The van der Waals surface area contributed by atoms with Crippen molar-refractivity contribution in [1.82, 2.24) is 15.2 Å². The Balaban J connectivity index is 1.43. The van der Waals surface area contributed by atoms with Gasteiger partial charge in [-0.25, -0.2) is 9.37 Å². The molecule has 3 aromatic rings. The zero-order valence-electron chi connectivity index (χ0n) is 13.2. The molecule has 5 nitrogen and oxygen atoms in total. The number of ether oxygens (including phenoxy) is 1. The summed E-state index contributed by atoms with van der Waals surface area (Å²) < 4.78 is 19.2. The second-order valence-electron chi connectivity index (χ2n) is 5.58. The standard InChI is InChI=1S/C18H14FN3O2S/c19-14-4-2-1-3-13(14)17-20-18(22-21-17)25-10-15(23)11-5-6-16-12(9-11)7-8-24-16/h1-6,9H,7-8,10H2,(H,20,21,22). The molecule has 1 N–H and O–H groups in total. The average molecular weight is 355 g/mol. The first-order valence-corrected chi connectivity index (χ1v) is 8.78. The van der Waals surface area contributed by atoms with Crippen molar-refractivity contribution in [2.45, 2.75) is 11.6 Å². The Morgan fingerprint density at radius 1 is 1.28 bits per heavy atom. The fourth-order valence-electron chi connectivity index (χ4n) is 2.66. The van der Waals surface area contributed by atoms with Crippen molar-refractivity contribution in [2.24, 2.45) is 0 Å². The topological polar surface area (TPSA) is 67.9 Å². The van der Waals surface area contributed by atoms with Crippen molar-refractivity contribution in [2.75, 3.05) is 12.4 Å². The molecule has 2 heterocycles. The number of thioether (sulfide) groups is 1. The molecule has 0 saturated heterocycles. The summed E-state index contributed by atoms with van der Waals surface area (Å²) in [7, 11) is 0. The molecule has 0 radical (unpaired) electrons. The van der Waals surface area contributed by atoms with Gasteiger partial charge in [0, 0.05) is 12.0 Å². The number of benzene rings is 2. The molecule has 0 saturated carbocycles. The zero-order valence-corrected chi connectivity index (χ0v) is 14.0. The molecule has 0 amide bonds. The second-order valence-corrected chi connectivity index (χ2v) is 6.52. The highest BCUT2D eigenvalue weighted by Gasteiger charge is 2.16. The number of fused-ring (bicyclic) bond motifs is 1. The van der Waals surface area contributed by atoms with Crippen molar-refractivity contribution >= 4 is 17.5 Å². The number of halogens is 1. The van der Waals surface area contributed by atoms with Crippen molar-refractivity contribution < 1.29 is 13.9 Å². The Hall–Kier alpha value is -2.67. The maximum atomic E-state index is 13.8. The number of nitrogens with zero attached hydrogens (tertiary/aromatic N) is 2. The molecular formula is C18H14FN3O2S. The minimum Gasteiger partial charge on any atom is -0.493 e. The van der Waals surface area contributed by atoms with Crippen molar-refractivity contribution in [3.05, 3.63) is 59.4 Å². The first kappa shape index (κ1) is 15.8. The number of rotatable bonds is 5. The van der Waals surface area contributed by atoms with Crippen molar-refractivity contribution in [1.29, 1.82) is 0 Å². The van der Waals surface area contributed by atoms with Crippen LogP contribution in [0.3, 0.4) is 0 Å². The van der Waals surface area contributed by atoms with Gasteiger partial charge >= 0.3 is 0 Å². The first-order valence-electron chi connectivity index (χ1n) is 7.80. The summed E-state index contributed by atoms with van der Waals surface area (Å²) in [6.45, 7) is 0.664. The third kappa shape index (κ3) is 3.28. The summed E-state index contributed by atoms with van der Waals surface area (Å²) in [6.07, 6.45) is 0.830. The molecule has 2 aromatic carbocycles. The number of Topliss-reactive ketones (excluding diaryl/α,β-unsaturated/α-hetero) is 1. The monoisotopic (exact) mass is 355 g/mol. The molecule has 0 fully saturated rings. The third-order valence-electron chi connectivity index (χ3n) is 3.94. The maximum Gasteiger partial charge on any atom is 0.209 e. The van der Waals surface area contributed by atoms with Gasteiger partial charge < -0.3 is 4.74 Å². The Labute approximate surface area is 147 Å². The Morgan fingerprint density at radius 2 is 2.16 bits per heavy atom. The minimum atomic E-state index is -0.369. The SMILES string of the molecule is O=C(CSc1n[nH]c(-c2ccccc2F)n1)c1ccc2c(c1)CCO2. The lowest BCUT2D eigenvalue weighted by Gasteiger charge is -2.02. The van der Waals surface area contributed by atoms with Gasteiger partial charge in [0.2, 0.25) is 5.16 Å². The van der Waals surface area contributed by atoms with Gasteiger partial charge in [-0.1, -0.05) is 23.9 Å². The highest BCUT2D eigenvalue weighted by Crippen LogP contribution is 2.27. The van der Waals surface area contributed by atoms with E-state index in [2.05, 4.69) is 15.2 Å². The summed E-state index contributed by atoms with van der Waals surface area (Å²) >= 11 is 1.22. The number of hydrogen-bond acceptors (Lipinski definition) is 5. The minimum absolute atomic E-state index is 0.00283. The highest BCUT2D eigenvalue weighted by atomic mass is 32.2. The number of H-pyrrole nitrogens is 1. The molecular weight excluding hydrogens is 341 g/mol. The van der Waals surface area contributed by atoms with Crippen LogP contribution in [0, 0.1) is 5.82 Å². The number of aromatic nitrogens is 3. The van der Waals surface area contributed by atoms with Crippen molar-refractivity contribution in [3.8, 4) is 17.1 Å². The molecule has 1 aromatic heterocycles. The van der Waals surface area contributed by atoms with E-state index in [1.807, 2.05) is 12.1 Å². The fraction of sp³-hybridized carbons (Fsp3) is 0.167. The van der Waals surface area contributed by atoms with Gasteiger partial charge in [-0.15, -0.1) is 5.10 Å². The quantitative estimate of drug-likeness (QED) is 0.560. The number of hydrogen-bond donors (Lipinski definition) is 1. The van der Waals surface area contributed by atoms with E-state index in [-0.39, 0.29) is 17.4 Å². The predicted molar refractivity (Wildman–Crippen MR) is 92.5 cm³/mol. The van der Waals surface area contributed by atoms with Crippen LogP contribution in [0.4, 0.5) is 4.39 Å². The van der Waals surface area contributed by atoms with Crippen LogP contribution >= 0.6 is 11.8 Å². The summed E-state index contributed by atoms with van der Waals surface area (Å²) in [4.78, 5) is 16.6. The van der Waals surface area contributed by atoms with E-state index in [0.29, 0.717) is 28.7 Å². The van der Waals surface area contributed by atoms with Crippen LogP contribution in [0.2, 0.25) is 0 Å². The molecule has 4 rings (SSSR count). The lowest BCUT2D eigenvalue weighted by Crippen LogP contribution is -2.03. The van der Waals surface area contributed by atoms with Crippen LogP contribution in [0.25, 0.3) is 11.4 Å². The van der Waals surface area contributed by atoms with E-state index >= 15 is 0 Å². The predicted octanol–water partition coefficient (Wildman–Crippen LogP) is 3.52. The largest absolute Gasteiger partial charge is 0.493 e. The molecule has 1 aliphatic heterocycles. The number of carbonyl (C=O) groups is 1. The summed E-state index contributed by atoms with van der Waals surface area (Å²) in [5.74, 6) is 1.05. The number of carbonyl (C=O) groups excluding carboxylic acids is 1. The van der Waals surface area contributed by atoms with Gasteiger partial charge in [0.1, 0.15) is 11.6 Å². The van der Waals surface area contributed by atoms with Gasteiger partial charge in [-0.05, 0) is 35.9 Å². The number of nitrogens with one attached hydrogen (secondary N) is 1. The smallest absolute Gasteiger partial charge is 0.209 e. The van der Waals surface area contributed by atoms with Gasteiger partial charge in [0.15, 0.2) is 11.6 Å². The van der Waals surface area contributed by atoms with E-state index in [0.717, 1.165) is 17.7 Å². The van der Waals surface area contributed by atoms with E-state index in [1.165, 1.54) is 17.8 Å². The Bertz CT molecular complexity index is 942. The summed E-state index contributed by atoms with van der Waals surface area (Å²) in [6, 6.07) is 11.8. The van der Waals surface area contributed by atoms with Crippen LogP contribution in [0.15, 0.2) is 47.6 Å². The normalized spacial score (nSPS) is 12.7. The van der Waals surface area contributed by atoms with Crippen molar-refractivity contribution in [3.63, 3.8) is 0 Å². The molecule has 1 aliphatic rings. The zero-order chi connectivity index (χ0) is 17.2. The molecule has 126 valence electrons. The Morgan fingerprint density at radius 3 is 3.04 bits per heavy atom. The van der Waals surface area contributed by atoms with Crippen LogP contribution in [-0.2, 0) is 6.42 Å².